The lowest BCUT2D eigenvalue weighted by molar-refractivity contribution is 0.684. The fourth-order valence-corrected chi connectivity index (χ4v) is 3.51. The van der Waals surface area contributed by atoms with Gasteiger partial charge in [-0.2, -0.15) is 0 Å². The van der Waals surface area contributed by atoms with Gasteiger partial charge in [-0.05, 0) is 43.0 Å². The van der Waals surface area contributed by atoms with Crippen LogP contribution in [0.3, 0.4) is 0 Å². The van der Waals surface area contributed by atoms with Gasteiger partial charge in [-0.3, -0.25) is 4.98 Å². The molecule has 20 heavy (non-hydrogen) atoms. The Bertz CT molecular complexity index is 784. The third-order valence-electron chi connectivity index (χ3n) is 4.10. The highest BCUT2D eigenvalue weighted by Gasteiger charge is 2.22. The Labute approximate surface area is 121 Å². The Morgan fingerprint density at radius 3 is 2.85 bits per heavy atom. The number of fused-ring (bicyclic) bond motifs is 3. The SMILES string of the molecule is Cc1cc2c(cc1C)-c1c(-c3cncs3)ncn1CC2. The predicted octanol–water partition coefficient (Wildman–Crippen LogP) is 3.85. The summed E-state index contributed by atoms with van der Waals surface area (Å²) in [4.78, 5) is 9.95. The lowest BCUT2D eigenvalue weighted by atomic mass is 9.92. The van der Waals surface area contributed by atoms with Gasteiger partial charge in [-0.1, -0.05) is 6.07 Å². The average Bonchev–Trinajstić information content (AvgIpc) is 3.07. The van der Waals surface area contributed by atoms with Crippen LogP contribution in [0.1, 0.15) is 16.7 Å². The first-order valence-electron chi connectivity index (χ1n) is 6.78. The number of benzene rings is 1. The molecule has 0 spiro atoms. The van der Waals surface area contributed by atoms with Crippen LogP contribution in [-0.2, 0) is 13.0 Å². The molecule has 0 unspecified atom stereocenters. The second-order valence-electron chi connectivity index (χ2n) is 5.34. The first-order chi connectivity index (χ1) is 9.74. The van der Waals surface area contributed by atoms with Crippen LogP contribution >= 0.6 is 11.3 Å². The monoisotopic (exact) mass is 281 g/mol. The lowest BCUT2D eigenvalue weighted by Gasteiger charge is -2.21. The second-order valence-corrected chi connectivity index (χ2v) is 6.23. The van der Waals surface area contributed by atoms with E-state index in [1.807, 2.05) is 18.0 Å². The van der Waals surface area contributed by atoms with Crippen LogP contribution < -0.4 is 0 Å². The third-order valence-corrected chi connectivity index (χ3v) is 4.88. The molecule has 1 aromatic carbocycles. The van der Waals surface area contributed by atoms with Crippen LogP contribution in [-0.4, -0.2) is 14.5 Å². The Morgan fingerprint density at radius 2 is 2.05 bits per heavy atom. The summed E-state index contributed by atoms with van der Waals surface area (Å²) in [5.41, 5.74) is 9.66. The van der Waals surface area contributed by atoms with Crippen molar-refractivity contribution in [2.45, 2.75) is 26.8 Å². The van der Waals surface area contributed by atoms with Gasteiger partial charge in [0, 0.05) is 18.3 Å². The van der Waals surface area contributed by atoms with Crippen LogP contribution in [0.15, 0.2) is 30.2 Å². The van der Waals surface area contributed by atoms with E-state index >= 15 is 0 Å². The number of aryl methyl sites for hydroxylation is 4. The van der Waals surface area contributed by atoms with Crippen molar-refractivity contribution < 1.29 is 0 Å². The first kappa shape index (κ1) is 11.9. The number of rotatable bonds is 1. The first-order valence-corrected chi connectivity index (χ1v) is 7.66. The van der Waals surface area contributed by atoms with Gasteiger partial charge in [-0.15, -0.1) is 11.3 Å². The third kappa shape index (κ3) is 1.64. The molecule has 0 saturated carbocycles. The van der Waals surface area contributed by atoms with Gasteiger partial charge in [0.05, 0.1) is 22.4 Å². The molecule has 3 heterocycles. The number of imidazole rings is 1. The van der Waals surface area contributed by atoms with Crippen molar-refractivity contribution in [3.05, 3.63) is 46.9 Å². The molecule has 4 rings (SSSR count). The van der Waals surface area contributed by atoms with E-state index in [0.717, 1.165) is 23.5 Å². The molecular formula is C16H15N3S. The largest absolute Gasteiger partial charge is 0.330 e. The van der Waals surface area contributed by atoms with E-state index in [4.69, 9.17) is 0 Å². The quantitative estimate of drug-likeness (QED) is 0.678. The van der Waals surface area contributed by atoms with Gasteiger partial charge >= 0.3 is 0 Å². The lowest BCUT2D eigenvalue weighted by Crippen LogP contribution is -2.10. The summed E-state index contributed by atoms with van der Waals surface area (Å²) < 4.78 is 2.27. The molecule has 0 amide bonds. The number of nitrogens with zero attached hydrogens (tertiary/aromatic N) is 3. The van der Waals surface area contributed by atoms with Crippen molar-refractivity contribution in [2.75, 3.05) is 0 Å². The van der Waals surface area contributed by atoms with Crippen molar-refractivity contribution in [1.82, 2.24) is 14.5 Å². The van der Waals surface area contributed by atoms with Crippen molar-refractivity contribution in [2.24, 2.45) is 0 Å². The van der Waals surface area contributed by atoms with Crippen molar-refractivity contribution in [1.29, 1.82) is 0 Å². The minimum atomic E-state index is 1.01. The van der Waals surface area contributed by atoms with E-state index in [1.165, 1.54) is 27.9 Å². The van der Waals surface area contributed by atoms with Crippen LogP contribution in [0.5, 0.6) is 0 Å². The molecule has 0 fully saturated rings. The Kier molecular flexibility index (Phi) is 2.54. The van der Waals surface area contributed by atoms with E-state index in [9.17, 15) is 0 Å². The molecule has 0 atom stereocenters. The summed E-state index contributed by atoms with van der Waals surface area (Å²) in [5, 5.41) is 0. The van der Waals surface area contributed by atoms with E-state index in [-0.39, 0.29) is 0 Å². The van der Waals surface area contributed by atoms with Gasteiger partial charge in [-0.25, -0.2) is 4.98 Å². The summed E-state index contributed by atoms with van der Waals surface area (Å²) >= 11 is 1.65. The smallest absolute Gasteiger partial charge is 0.108 e. The highest BCUT2D eigenvalue weighted by molar-refractivity contribution is 7.13. The number of hydrogen-bond donors (Lipinski definition) is 0. The molecule has 1 aliphatic heterocycles. The van der Waals surface area contributed by atoms with E-state index in [0.29, 0.717) is 0 Å². The summed E-state index contributed by atoms with van der Waals surface area (Å²) in [6.07, 6.45) is 4.95. The Hall–Kier alpha value is -1.94. The van der Waals surface area contributed by atoms with Crippen molar-refractivity contribution in [3.63, 3.8) is 0 Å². The van der Waals surface area contributed by atoms with Crippen LogP contribution in [0.25, 0.3) is 21.8 Å². The molecule has 0 radical (unpaired) electrons. The maximum Gasteiger partial charge on any atom is 0.108 e. The molecule has 0 aliphatic carbocycles. The molecule has 0 saturated heterocycles. The molecule has 4 heteroatoms. The number of hydrogen-bond acceptors (Lipinski definition) is 3. The fourth-order valence-electron chi connectivity index (χ4n) is 2.89. The molecule has 3 aromatic rings. The van der Waals surface area contributed by atoms with Crippen LogP contribution in [0.4, 0.5) is 0 Å². The Morgan fingerprint density at radius 1 is 1.20 bits per heavy atom. The topological polar surface area (TPSA) is 30.7 Å². The number of aromatic nitrogens is 3. The minimum Gasteiger partial charge on any atom is -0.330 e. The summed E-state index contributed by atoms with van der Waals surface area (Å²) in [5.74, 6) is 0. The summed E-state index contributed by atoms with van der Waals surface area (Å²) in [6, 6.07) is 4.64. The molecule has 100 valence electrons. The Balaban J connectivity index is 1.99. The molecule has 2 aromatic heterocycles. The highest BCUT2D eigenvalue weighted by Crippen LogP contribution is 2.38. The van der Waals surface area contributed by atoms with Gasteiger partial charge in [0.25, 0.3) is 0 Å². The maximum atomic E-state index is 4.62. The zero-order chi connectivity index (χ0) is 13.7. The van der Waals surface area contributed by atoms with Gasteiger partial charge in [0.1, 0.15) is 5.69 Å². The molecule has 0 N–H and O–H groups in total. The summed E-state index contributed by atoms with van der Waals surface area (Å²) in [7, 11) is 0. The van der Waals surface area contributed by atoms with Crippen LogP contribution in [0, 0.1) is 13.8 Å². The van der Waals surface area contributed by atoms with Crippen LogP contribution in [0.2, 0.25) is 0 Å². The fraction of sp³-hybridized carbons (Fsp3) is 0.250. The van der Waals surface area contributed by atoms with E-state index in [1.54, 1.807) is 11.3 Å². The predicted molar refractivity (Wildman–Crippen MR) is 81.9 cm³/mol. The molecule has 1 aliphatic rings. The van der Waals surface area contributed by atoms with Crippen molar-refractivity contribution in [3.8, 4) is 21.8 Å². The van der Waals surface area contributed by atoms with Gasteiger partial charge in [0.15, 0.2) is 0 Å². The average molecular weight is 281 g/mol. The molecule has 0 bridgehead atoms. The van der Waals surface area contributed by atoms with Gasteiger partial charge < -0.3 is 4.57 Å². The zero-order valence-corrected chi connectivity index (χ0v) is 12.4. The van der Waals surface area contributed by atoms with E-state index in [2.05, 4.69) is 40.5 Å². The van der Waals surface area contributed by atoms with Crippen molar-refractivity contribution >= 4 is 11.3 Å². The maximum absolute atomic E-state index is 4.62. The molecular weight excluding hydrogens is 266 g/mol. The second kappa shape index (κ2) is 4.28. The zero-order valence-electron chi connectivity index (χ0n) is 11.6. The van der Waals surface area contributed by atoms with E-state index < -0.39 is 0 Å². The van der Waals surface area contributed by atoms with Gasteiger partial charge in [0.2, 0.25) is 0 Å². The highest BCUT2D eigenvalue weighted by atomic mass is 32.1. The standard InChI is InChI=1S/C16H15N3S/c1-10-5-12-3-4-19-8-18-15(14-7-17-9-20-14)16(19)13(12)6-11(10)2/h5-9H,3-4H2,1-2H3. The number of thiazole rings is 1. The summed E-state index contributed by atoms with van der Waals surface area (Å²) in [6.45, 7) is 5.37. The minimum absolute atomic E-state index is 1.01. The molecule has 3 nitrogen and oxygen atoms in total. The normalized spacial score (nSPS) is 13.1.